The lowest BCUT2D eigenvalue weighted by atomic mass is 10.1. The van der Waals surface area contributed by atoms with Crippen LogP contribution in [0.5, 0.6) is 5.75 Å². The lowest BCUT2D eigenvalue weighted by Gasteiger charge is -2.18. The summed E-state index contributed by atoms with van der Waals surface area (Å²) in [6, 6.07) is 4.46. The number of benzene rings is 2. The van der Waals surface area contributed by atoms with E-state index in [0.717, 1.165) is 6.07 Å². The lowest BCUT2D eigenvalue weighted by molar-refractivity contribution is -0.432. The second-order valence-electron chi connectivity index (χ2n) is 3.87. The molecule has 10 nitrogen and oxygen atoms in total. The highest BCUT2D eigenvalue weighted by Crippen LogP contribution is 2.39. The summed E-state index contributed by atoms with van der Waals surface area (Å²) in [6.07, 6.45) is 0. The van der Waals surface area contributed by atoms with Crippen LogP contribution in [0.3, 0.4) is 0 Å². The van der Waals surface area contributed by atoms with Gasteiger partial charge in [-0.05, 0) is 35.4 Å². The van der Waals surface area contributed by atoms with Crippen molar-refractivity contribution >= 4 is 38.6 Å². The molecule has 0 fully saturated rings. The standard InChI is InChI=1S/C10H7NO9S2/c12-10-8(22(16,17)18)4-5-3-6(21-20-19-15)1-2-7(5)9(10)11(13)14/h1-4,12,15H,(H,16,17,18)/p-2. The fraction of sp³-hybridized carbons (Fsp3) is 0. The summed E-state index contributed by atoms with van der Waals surface area (Å²) in [5.74, 6) is -1.47. The molecule has 0 atom stereocenters. The fourth-order valence-corrected chi connectivity index (χ4v) is 2.80. The summed E-state index contributed by atoms with van der Waals surface area (Å²) >= 11 is 0.519. The van der Waals surface area contributed by atoms with E-state index in [4.69, 9.17) is 5.26 Å². The number of fused-ring (bicyclic) bond motifs is 1. The highest BCUT2D eigenvalue weighted by Gasteiger charge is 2.19. The SMILES string of the molecule is O=[N+]([O-])c1c([O-])c(S(=O)(=O)[O-])cc2cc(SOOO)ccc12. The Bertz CT molecular complexity index is 849. The number of hydrogen-bond donors (Lipinski definition) is 1. The molecule has 0 aliphatic rings. The molecule has 0 amide bonds. The van der Waals surface area contributed by atoms with Gasteiger partial charge in [0.1, 0.15) is 10.1 Å². The third kappa shape index (κ3) is 3.11. The molecular weight excluding hydrogens is 342 g/mol. The summed E-state index contributed by atoms with van der Waals surface area (Å²) in [6.45, 7) is 0. The van der Waals surface area contributed by atoms with E-state index < -0.39 is 31.4 Å². The average Bonchev–Trinajstić information content (AvgIpc) is 2.42. The number of rotatable bonds is 5. The van der Waals surface area contributed by atoms with E-state index in [-0.39, 0.29) is 15.7 Å². The number of nitro groups is 1. The van der Waals surface area contributed by atoms with E-state index in [1.165, 1.54) is 18.2 Å². The van der Waals surface area contributed by atoms with E-state index in [9.17, 15) is 28.2 Å². The molecule has 0 aliphatic heterocycles. The van der Waals surface area contributed by atoms with Crippen LogP contribution in [0.25, 0.3) is 10.8 Å². The predicted molar refractivity (Wildman–Crippen MR) is 68.7 cm³/mol. The molecule has 0 saturated heterocycles. The summed E-state index contributed by atoms with van der Waals surface area (Å²) in [7, 11) is -5.18. The molecule has 22 heavy (non-hydrogen) atoms. The first-order chi connectivity index (χ1) is 10.3. The van der Waals surface area contributed by atoms with Gasteiger partial charge in [-0.3, -0.25) is 10.1 Å². The van der Waals surface area contributed by atoms with Gasteiger partial charge in [0.15, 0.2) is 0 Å². The minimum Gasteiger partial charge on any atom is -0.867 e. The van der Waals surface area contributed by atoms with Crippen molar-refractivity contribution in [3.63, 3.8) is 0 Å². The monoisotopic (exact) mass is 347 g/mol. The molecule has 0 heterocycles. The van der Waals surface area contributed by atoms with Crippen molar-refractivity contribution in [1.29, 1.82) is 0 Å². The summed E-state index contributed by atoms with van der Waals surface area (Å²) in [5.41, 5.74) is -1.01. The van der Waals surface area contributed by atoms with Crippen molar-refractivity contribution in [2.75, 3.05) is 0 Å². The lowest BCUT2D eigenvalue weighted by Crippen LogP contribution is -2.08. The van der Waals surface area contributed by atoms with E-state index in [1.807, 2.05) is 0 Å². The Morgan fingerprint density at radius 2 is 1.95 bits per heavy atom. The smallest absolute Gasteiger partial charge is 0.270 e. The Hall–Kier alpha value is -1.96. The van der Waals surface area contributed by atoms with Crippen molar-refractivity contribution in [3.8, 4) is 5.75 Å². The molecule has 2 aromatic carbocycles. The number of nitro benzene ring substituents is 1. The Morgan fingerprint density at radius 1 is 1.27 bits per heavy atom. The van der Waals surface area contributed by atoms with Crippen molar-refractivity contribution in [1.82, 2.24) is 0 Å². The minimum absolute atomic E-state index is 0.0349. The maximum atomic E-state index is 11.8. The Labute approximate surface area is 126 Å². The second kappa shape index (κ2) is 6.04. The third-order valence-electron chi connectivity index (χ3n) is 2.62. The maximum Gasteiger partial charge on any atom is 0.270 e. The van der Waals surface area contributed by atoms with Crippen LogP contribution in [-0.4, -0.2) is 23.2 Å². The topological polar surface area (TPSA) is 162 Å². The third-order valence-corrected chi connectivity index (χ3v) is 4.03. The van der Waals surface area contributed by atoms with Crippen molar-refractivity contribution < 1.29 is 37.6 Å². The molecule has 0 bridgehead atoms. The average molecular weight is 347 g/mol. The minimum atomic E-state index is -5.18. The van der Waals surface area contributed by atoms with Gasteiger partial charge in [-0.2, -0.15) is 0 Å². The van der Waals surface area contributed by atoms with Gasteiger partial charge in [0.05, 0.1) is 27.2 Å². The molecule has 0 radical (unpaired) electrons. The van der Waals surface area contributed by atoms with Crippen LogP contribution in [0.1, 0.15) is 0 Å². The molecule has 1 N–H and O–H groups in total. The summed E-state index contributed by atoms with van der Waals surface area (Å²) in [4.78, 5) is 8.99. The number of nitrogens with zero attached hydrogens (tertiary/aromatic N) is 1. The largest absolute Gasteiger partial charge is 0.867 e. The van der Waals surface area contributed by atoms with Gasteiger partial charge in [-0.1, -0.05) is 5.04 Å². The molecule has 0 saturated carbocycles. The van der Waals surface area contributed by atoms with Crippen LogP contribution in [-0.2, 0) is 19.5 Å². The maximum absolute atomic E-state index is 11.8. The Balaban J connectivity index is 2.78. The zero-order chi connectivity index (χ0) is 16.5. The van der Waals surface area contributed by atoms with Crippen LogP contribution < -0.4 is 5.11 Å². The molecule has 118 valence electrons. The molecule has 0 spiro atoms. The van der Waals surface area contributed by atoms with Crippen LogP contribution in [0.4, 0.5) is 5.69 Å². The van der Waals surface area contributed by atoms with Crippen LogP contribution in [0.15, 0.2) is 34.1 Å². The van der Waals surface area contributed by atoms with Crippen LogP contribution in [0.2, 0.25) is 0 Å². The Kier molecular flexibility index (Phi) is 4.50. The normalized spacial score (nSPS) is 11.7. The molecule has 0 aromatic heterocycles. The second-order valence-corrected chi connectivity index (χ2v) is 5.99. The summed E-state index contributed by atoms with van der Waals surface area (Å²) < 4.78 is 37.4. The fourth-order valence-electron chi connectivity index (χ4n) is 1.79. The first kappa shape index (κ1) is 16.4. The molecular formula is C10H5NO9S2-2. The van der Waals surface area contributed by atoms with E-state index in [2.05, 4.69) is 9.37 Å². The van der Waals surface area contributed by atoms with Gasteiger partial charge in [-0.15, -0.1) is 4.33 Å². The summed E-state index contributed by atoms with van der Waals surface area (Å²) in [5, 5.41) is 34.1. The first-order valence-corrected chi connectivity index (χ1v) is 7.43. The zero-order valence-electron chi connectivity index (χ0n) is 10.3. The van der Waals surface area contributed by atoms with E-state index in [0.29, 0.717) is 12.0 Å². The van der Waals surface area contributed by atoms with Gasteiger partial charge in [-0.25, -0.2) is 13.7 Å². The van der Waals surface area contributed by atoms with Gasteiger partial charge in [0, 0.05) is 4.90 Å². The highest BCUT2D eigenvalue weighted by molar-refractivity contribution is 7.94. The van der Waals surface area contributed by atoms with Gasteiger partial charge >= 0.3 is 0 Å². The zero-order valence-corrected chi connectivity index (χ0v) is 11.9. The molecule has 2 aromatic rings. The van der Waals surface area contributed by atoms with Crippen LogP contribution in [0, 0.1) is 10.1 Å². The van der Waals surface area contributed by atoms with Crippen molar-refractivity contribution in [2.24, 2.45) is 0 Å². The van der Waals surface area contributed by atoms with Gasteiger partial charge < -0.3 is 9.66 Å². The molecule has 0 aliphatic carbocycles. The van der Waals surface area contributed by atoms with Crippen molar-refractivity contribution in [2.45, 2.75) is 9.79 Å². The van der Waals surface area contributed by atoms with Crippen molar-refractivity contribution in [3.05, 3.63) is 34.4 Å². The van der Waals surface area contributed by atoms with Gasteiger partial charge in [0.2, 0.25) is 0 Å². The molecule has 0 unspecified atom stereocenters. The highest BCUT2D eigenvalue weighted by atomic mass is 32.2. The van der Waals surface area contributed by atoms with E-state index in [1.54, 1.807) is 0 Å². The van der Waals surface area contributed by atoms with Crippen LogP contribution >= 0.6 is 12.0 Å². The number of hydrogen-bond acceptors (Lipinski definition) is 10. The van der Waals surface area contributed by atoms with Gasteiger partial charge in [0.25, 0.3) is 5.69 Å². The molecule has 12 heteroatoms. The predicted octanol–water partition coefficient (Wildman–Crippen LogP) is 1.15. The quantitative estimate of drug-likeness (QED) is 0.273. The molecule has 2 rings (SSSR count). The first-order valence-electron chi connectivity index (χ1n) is 5.28. The Morgan fingerprint density at radius 3 is 2.50 bits per heavy atom. The van der Waals surface area contributed by atoms with E-state index >= 15 is 0 Å².